The second-order valence-electron chi connectivity index (χ2n) is 13.5. The number of sulfonamides is 1. The lowest BCUT2D eigenvalue weighted by atomic mass is 10.1. The van der Waals surface area contributed by atoms with E-state index in [1.807, 2.05) is 32.2 Å². The van der Waals surface area contributed by atoms with Crippen LogP contribution in [0.2, 0.25) is 0 Å². The van der Waals surface area contributed by atoms with E-state index < -0.39 is 39.9 Å². The van der Waals surface area contributed by atoms with Crippen LogP contribution in [0, 0.1) is 13.8 Å². The van der Waals surface area contributed by atoms with Crippen molar-refractivity contribution >= 4 is 87.7 Å². The van der Waals surface area contributed by atoms with Gasteiger partial charge in [0, 0.05) is 62.0 Å². The molecule has 2 atom stereocenters. The Hall–Kier alpha value is -6.30. The molecule has 310 valence electrons. The monoisotopic (exact) mass is 845 g/mol. The summed E-state index contributed by atoms with van der Waals surface area (Å²) in [5.41, 5.74) is 3.67. The van der Waals surface area contributed by atoms with Gasteiger partial charge in [0.15, 0.2) is 5.52 Å². The topological polar surface area (TPSA) is 249 Å². The number of aliphatic carboxylic acids is 1. The van der Waals surface area contributed by atoms with Crippen molar-refractivity contribution < 1.29 is 42.2 Å². The highest BCUT2D eigenvalue weighted by molar-refractivity contribution is 7.89. The van der Waals surface area contributed by atoms with Crippen molar-refractivity contribution in [3.05, 3.63) is 89.7 Å². The molecule has 0 aliphatic rings. The van der Waals surface area contributed by atoms with Crippen molar-refractivity contribution in [3.63, 3.8) is 0 Å². The van der Waals surface area contributed by atoms with E-state index in [1.165, 1.54) is 36.5 Å². The normalized spacial score (nSPS) is 12.0. The fourth-order valence-electron chi connectivity index (χ4n) is 5.91. The maximum atomic E-state index is 13.9. The lowest BCUT2D eigenvalue weighted by Gasteiger charge is -2.24. The Labute approximate surface area is 342 Å². The number of hydrogen-bond donors (Lipinski definition) is 4. The minimum atomic E-state index is -4.19. The molecule has 0 radical (unpaired) electrons. The largest absolute Gasteiger partial charge is 0.481 e. The van der Waals surface area contributed by atoms with Crippen LogP contribution in [-0.2, 0) is 47.6 Å². The standard InChI is InChI=1S/C39H44N9O9PS/c1-23-6-11-28(21-32(23)59(40,55)56)48(38-41-19-18-33(44-38)46(3)27-12-13-29-24(2)47(4)45-31(29)20-27)39(54)57-22-25-7-9-26(10-8-25)42-37(53)30(14-16-35(50)51)43-34(49)15-17-36(52)58-5/h6-13,18-21,30,58H,14-17,22H2,1-5H3,(H,42,53)(H,43,49)(H,50,51)(H2,40,55,56)/t30-/m0/s1. The minimum Gasteiger partial charge on any atom is -0.481 e. The third-order valence-electron chi connectivity index (χ3n) is 9.33. The van der Waals surface area contributed by atoms with Gasteiger partial charge in [-0.2, -0.15) is 10.1 Å². The van der Waals surface area contributed by atoms with Gasteiger partial charge in [0.2, 0.25) is 27.8 Å². The summed E-state index contributed by atoms with van der Waals surface area (Å²) in [6.45, 7) is 4.97. The van der Waals surface area contributed by atoms with Gasteiger partial charge in [-0.3, -0.25) is 23.9 Å². The van der Waals surface area contributed by atoms with Crippen LogP contribution in [0.5, 0.6) is 0 Å². The van der Waals surface area contributed by atoms with E-state index in [4.69, 9.17) is 15.0 Å². The zero-order valence-electron chi connectivity index (χ0n) is 32.9. The number of carbonyl (C=O) groups is 5. The Morgan fingerprint density at radius 2 is 1.68 bits per heavy atom. The van der Waals surface area contributed by atoms with E-state index in [-0.39, 0.29) is 62.9 Å². The van der Waals surface area contributed by atoms with Crippen LogP contribution in [0.3, 0.4) is 0 Å². The van der Waals surface area contributed by atoms with Crippen molar-refractivity contribution in [3.8, 4) is 0 Å². The predicted molar refractivity (Wildman–Crippen MR) is 223 cm³/mol. The summed E-state index contributed by atoms with van der Waals surface area (Å²) in [5, 5.41) is 25.4. The fraction of sp³-hybridized carbons (Fsp3) is 0.282. The summed E-state index contributed by atoms with van der Waals surface area (Å²) >= 11 is 0. The van der Waals surface area contributed by atoms with Gasteiger partial charge in [-0.25, -0.2) is 28.2 Å². The highest BCUT2D eigenvalue weighted by Gasteiger charge is 2.27. The summed E-state index contributed by atoms with van der Waals surface area (Å²) in [6.07, 6.45) is -0.171. The number of aromatic nitrogens is 4. The van der Waals surface area contributed by atoms with E-state index in [0.29, 0.717) is 22.6 Å². The predicted octanol–water partition coefficient (Wildman–Crippen LogP) is 4.77. The number of rotatable bonds is 17. The molecule has 0 aliphatic heterocycles. The molecule has 0 bridgehead atoms. The van der Waals surface area contributed by atoms with Crippen molar-refractivity contribution in [1.82, 2.24) is 25.1 Å². The summed E-state index contributed by atoms with van der Waals surface area (Å²) in [5.74, 6) is -2.09. The number of carbonyl (C=O) groups excluding carboxylic acids is 4. The van der Waals surface area contributed by atoms with Crippen molar-refractivity contribution in [2.75, 3.05) is 28.8 Å². The fourth-order valence-corrected chi connectivity index (χ4v) is 7.09. The SMILES string of the molecule is CPC(=O)CCC(=O)N[C@@H](CCC(=O)O)C(=O)Nc1ccc(COC(=O)N(c2ccc(C)c(S(N)(=O)=O)c2)c2nccc(N(C)c3ccc4c(C)n(C)nc4c3)n2)cc1. The number of carboxylic acid groups (broad SMARTS) is 1. The third kappa shape index (κ3) is 11.2. The van der Waals surface area contributed by atoms with E-state index in [2.05, 4.69) is 25.7 Å². The van der Waals surface area contributed by atoms with E-state index in [9.17, 15) is 32.4 Å². The second kappa shape index (κ2) is 19.0. The first kappa shape index (κ1) is 43.8. The maximum Gasteiger partial charge on any atom is 0.421 e. The Morgan fingerprint density at radius 1 is 0.966 bits per heavy atom. The Balaban J connectivity index is 1.35. The van der Waals surface area contributed by atoms with E-state index in [0.717, 1.165) is 27.2 Å². The van der Waals surface area contributed by atoms with E-state index >= 15 is 0 Å². The molecule has 3 aromatic carbocycles. The van der Waals surface area contributed by atoms with E-state index in [1.54, 1.807) is 48.4 Å². The molecule has 0 spiro atoms. The quantitative estimate of drug-likeness (QED) is 0.0922. The molecule has 5 rings (SSSR count). The highest BCUT2D eigenvalue weighted by atomic mass is 32.2. The van der Waals surface area contributed by atoms with Crippen LogP contribution in [0.15, 0.2) is 77.8 Å². The van der Waals surface area contributed by atoms with Crippen LogP contribution in [0.4, 0.5) is 33.6 Å². The maximum absolute atomic E-state index is 13.9. The summed E-state index contributed by atoms with van der Waals surface area (Å²) in [6, 6.07) is 16.7. The lowest BCUT2D eigenvalue weighted by molar-refractivity contribution is -0.137. The Bertz CT molecular complexity index is 2510. The summed E-state index contributed by atoms with van der Waals surface area (Å²) < 4.78 is 32.4. The number of aryl methyl sites for hydroxylation is 3. The van der Waals surface area contributed by atoms with Crippen LogP contribution in [0.1, 0.15) is 42.5 Å². The molecule has 2 heterocycles. The molecular weight excluding hydrogens is 802 g/mol. The van der Waals surface area contributed by atoms with Crippen molar-refractivity contribution in [2.45, 2.75) is 57.1 Å². The van der Waals surface area contributed by atoms with Gasteiger partial charge in [0.1, 0.15) is 18.5 Å². The molecule has 0 saturated heterocycles. The second-order valence-corrected chi connectivity index (χ2v) is 16.1. The van der Waals surface area contributed by atoms with Gasteiger partial charge < -0.3 is 25.4 Å². The van der Waals surface area contributed by atoms with Crippen LogP contribution < -0.4 is 25.6 Å². The molecule has 0 fully saturated rings. The summed E-state index contributed by atoms with van der Waals surface area (Å²) in [4.78, 5) is 73.9. The molecule has 1 unspecified atom stereocenters. The molecule has 20 heteroatoms. The van der Waals surface area contributed by atoms with Gasteiger partial charge in [-0.1, -0.05) is 26.8 Å². The molecule has 2 aromatic heterocycles. The number of nitrogens with two attached hydrogens (primary N) is 1. The van der Waals surface area contributed by atoms with Gasteiger partial charge in [0.25, 0.3) is 0 Å². The number of ether oxygens (including phenoxy) is 1. The lowest BCUT2D eigenvalue weighted by Crippen LogP contribution is -2.44. The van der Waals surface area contributed by atoms with Crippen LogP contribution in [-0.4, -0.2) is 82.4 Å². The average Bonchev–Trinajstić information content (AvgIpc) is 3.49. The summed E-state index contributed by atoms with van der Waals surface area (Å²) in [7, 11) is -0.514. The van der Waals surface area contributed by atoms with Gasteiger partial charge in [-0.15, -0.1) is 0 Å². The van der Waals surface area contributed by atoms with Crippen molar-refractivity contribution in [1.29, 1.82) is 0 Å². The number of fused-ring (bicyclic) bond motifs is 1. The van der Waals surface area contributed by atoms with Gasteiger partial charge in [0.05, 0.1) is 16.1 Å². The molecule has 0 aliphatic carbocycles. The van der Waals surface area contributed by atoms with Crippen molar-refractivity contribution in [2.24, 2.45) is 12.2 Å². The molecule has 5 aromatic rings. The third-order valence-corrected chi connectivity index (χ3v) is 11.2. The number of primary sulfonamides is 1. The number of hydrogen-bond acceptors (Lipinski definition) is 12. The Morgan fingerprint density at radius 3 is 2.36 bits per heavy atom. The van der Waals surface area contributed by atoms with Crippen LogP contribution in [0.25, 0.3) is 10.9 Å². The molecular formula is C39H44N9O9PS. The number of nitrogens with zero attached hydrogens (tertiary/aromatic N) is 6. The average molecular weight is 846 g/mol. The molecule has 3 amide bonds. The first-order valence-corrected chi connectivity index (χ1v) is 21.2. The number of carboxylic acids is 1. The number of benzene rings is 3. The molecule has 59 heavy (non-hydrogen) atoms. The minimum absolute atomic E-state index is 0.0141. The number of amides is 3. The first-order chi connectivity index (χ1) is 27.9. The van der Waals surface area contributed by atoms with Gasteiger partial charge >= 0.3 is 12.1 Å². The molecule has 0 saturated carbocycles. The Kier molecular flexibility index (Phi) is 14.1. The first-order valence-electron chi connectivity index (χ1n) is 18.2. The zero-order valence-corrected chi connectivity index (χ0v) is 34.7. The number of nitrogens with one attached hydrogen (secondary N) is 2. The van der Waals surface area contributed by atoms with Crippen LogP contribution >= 0.6 is 8.58 Å². The zero-order chi connectivity index (χ0) is 43.0. The molecule has 18 nitrogen and oxygen atoms in total. The molecule has 5 N–H and O–H groups in total. The number of anilines is 5. The smallest absolute Gasteiger partial charge is 0.421 e. The van der Waals surface area contributed by atoms with Gasteiger partial charge in [-0.05, 0) is 86.6 Å². The highest BCUT2D eigenvalue weighted by Crippen LogP contribution is 2.31.